The van der Waals surface area contributed by atoms with Gasteiger partial charge in [0.15, 0.2) is 0 Å². The van der Waals surface area contributed by atoms with E-state index in [1.807, 2.05) is 24.3 Å². The van der Waals surface area contributed by atoms with E-state index in [9.17, 15) is 15.0 Å². The van der Waals surface area contributed by atoms with Crippen LogP contribution in [0.25, 0.3) is 6.08 Å². The molecule has 5 heteroatoms. The van der Waals surface area contributed by atoms with Gasteiger partial charge in [-0.3, -0.25) is 0 Å². The Hall–Kier alpha value is -1.85. The molecule has 0 heterocycles. The average molecular weight is 321 g/mol. The lowest BCUT2D eigenvalue weighted by Gasteiger charge is -2.25. The van der Waals surface area contributed by atoms with Gasteiger partial charge in [-0.2, -0.15) is 0 Å². The van der Waals surface area contributed by atoms with Gasteiger partial charge in [-0.15, -0.1) is 0 Å². The van der Waals surface area contributed by atoms with Crippen LogP contribution in [0.1, 0.15) is 38.3 Å². The number of ether oxygens (including phenoxy) is 1. The molecule has 0 radical (unpaired) electrons. The summed E-state index contributed by atoms with van der Waals surface area (Å²) in [6, 6.07) is 7.10. The standard InChI is InChI=1S/C18H27NO4/c1-5-13-6-8-14(9-7-13)10-11-16(21)15(12-20)19-17(22)23-18(2,3)4/h5-9,15-16,20-21H,1,10-12H2,2-4H3,(H,19,22)/t15-,16+/m1/s1. The summed E-state index contributed by atoms with van der Waals surface area (Å²) in [5.41, 5.74) is 1.49. The molecule has 0 aliphatic heterocycles. The van der Waals surface area contributed by atoms with Crippen molar-refractivity contribution in [3.05, 3.63) is 42.0 Å². The molecule has 1 rings (SSSR count). The van der Waals surface area contributed by atoms with Crippen molar-refractivity contribution in [3.63, 3.8) is 0 Å². The fourth-order valence-corrected chi connectivity index (χ4v) is 2.06. The molecule has 0 bridgehead atoms. The smallest absolute Gasteiger partial charge is 0.408 e. The third-order valence-corrected chi connectivity index (χ3v) is 3.31. The molecule has 1 aromatic carbocycles. The first-order valence-electron chi connectivity index (χ1n) is 7.75. The summed E-state index contributed by atoms with van der Waals surface area (Å²) in [5.74, 6) is 0. The average Bonchev–Trinajstić information content (AvgIpc) is 2.49. The quantitative estimate of drug-likeness (QED) is 0.721. The van der Waals surface area contributed by atoms with Crippen molar-refractivity contribution in [3.8, 4) is 0 Å². The van der Waals surface area contributed by atoms with Crippen LogP contribution >= 0.6 is 0 Å². The van der Waals surface area contributed by atoms with E-state index in [1.165, 1.54) is 0 Å². The number of hydrogen-bond donors (Lipinski definition) is 3. The molecule has 5 nitrogen and oxygen atoms in total. The van der Waals surface area contributed by atoms with Gasteiger partial charge in [0.25, 0.3) is 0 Å². The fourth-order valence-electron chi connectivity index (χ4n) is 2.06. The van der Waals surface area contributed by atoms with Crippen LogP contribution in [0.3, 0.4) is 0 Å². The highest BCUT2D eigenvalue weighted by Gasteiger charge is 2.23. The molecular weight excluding hydrogens is 294 g/mol. The highest BCUT2D eigenvalue weighted by molar-refractivity contribution is 5.68. The number of nitrogens with one attached hydrogen (secondary N) is 1. The molecule has 0 fully saturated rings. The van der Waals surface area contributed by atoms with E-state index in [0.29, 0.717) is 12.8 Å². The second kappa shape index (κ2) is 8.70. The molecule has 23 heavy (non-hydrogen) atoms. The van der Waals surface area contributed by atoms with Gasteiger partial charge >= 0.3 is 6.09 Å². The number of carbonyl (C=O) groups excluding carboxylic acids is 1. The molecule has 0 spiro atoms. The summed E-state index contributed by atoms with van der Waals surface area (Å²) in [6.45, 7) is 8.61. The lowest BCUT2D eigenvalue weighted by Crippen LogP contribution is -2.47. The van der Waals surface area contributed by atoms with E-state index in [0.717, 1.165) is 11.1 Å². The first-order chi connectivity index (χ1) is 10.7. The molecule has 0 aromatic heterocycles. The van der Waals surface area contributed by atoms with Crippen LogP contribution in [-0.4, -0.2) is 40.7 Å². The number of rotatable bonds is 7. The van der Waals surface area contributed by atoms with Crippen molar-refractivity contribution >= 4 is 12.2 Å². The van der Waals surface area contributed by atoms with Gasteiger partial charge in [-0.1, -0.05) is 36.9 Å². The van der Waals surface area contributed by atoms with Crippen LogP contribution in [0.5, 0.6) is 0 Å². The predicted octanol–water partition coefficient (Wildman–Crippen LogP) is 2.51. The Morgan fingerprint density at radius 1 is 1.35 bits per heavy atom. The maximum Gasteiger partial charge on any atom is 0.408 e. The van der Waals surface area contributed by atoms with Crippen LogP contribution in [0, 0.1) is 0 Å². The molecule has 1 amide bonds. The topological polar surface area (TPSA) is 78.8 Å². The number of aliphatic hydroxyl groups is 2. The number of aryl methyl sites for hydroxylation is 1. The van der Waals surface area contributed by atoms with Gasteiger partial charge in [-0.25, -0.2) is 4.79 Å². The minimum atomic E-state index is -0.855. The Kier molecular flexibility index (Phi) is 7.26. The van der Waals surface area contributed by atoms with Gasteiger partial charge in [0.2, 0.25) is 0 Å². The number of alkyl carbamates (subject to hydrolysis) is 1. The molecule has 0 unspecified atom stereocenters. The Labute approximate surface area is 138 Å². The first-order valence-corrected chi connectivity index (χ1v) is 7.75. The maximum absolute atomic E-state index is 11.7. The summed E-state index contributed by atoms with van der Waals surface area (Å²) in [4.78, 5) is 11.7. The number of amides is 1. The van der Waals surface area contributed by atoms with Crippen molar-refractivity contribution in [1.82, 2.24) is 5.32 Å². The van der Waals surface area contributed by atoms with Crippen LogP contribution in [0.4, 0.5) is 4.79 Å². The van der Waals surface area contributed by atoms with E-state index < -0.39 is 23.8 Å². The summed E-state index contributed by atoms with van der Waals surface area (Å²) >= 11 is 0. The van der Waals surface area contributed by atoms with E-state index in [2.05, 4.69) is 11.9 Å². The molecule has 0 aliphatic carbocycles. The number of hydrogen-bond acceptors (Lipinski definition) is 4. The summed E-state index contributed by atoms with van der Waals surface area (Å²) in [7, 11) is 0. The molecule has 3 N–H and O–H groups in total. The maximum atomic E-state index is 11.7. The lowest BCUT2D eigenvalue weighted by molar-refractivity contribution is 0.0338. The summed E-state index contributed by atoms with van der Waals surface area (Å²) < 4.78 is 5.13. The van der Waals surface area contributed by atoms with Crippen molar-refractivity contribution in [2.75, 3.05) is 6.61 Å². The largest absolute Gasteiger partial charge is 0.444 e. The Bertz CT molecular complexity index is 505. The first kappa shape index (κ1) is 19.2. The van der Waals surface area contributed by atoms with Gasteiger partial charge in [0, 0.05) is 0 Å². The second-order valence-corrected chi connectivity index (χ2v) is 6.49. The highest BCUT2D eigenvalue weighted by atomic mass is 16.6. The molecule has 0 saturated heterocycles. The van der Waals surface area contributed by atoms with Crippen LogP contribution < -0.4 is 5.32 Å². The SMILES string of the molecule is C=Cc1ccc(CC[C@H](O)[C@@H](CO)NC(=O)OC(C)(C)C)cc1. The van der Waals surface area contributed by atoms with E-state index in [4.69, 9.17) is 4.74 Å². The number of aliphatic hydroxyl groups excluding tert-OH is 2. The molecular formula is C18H27NO4. The third-order valence-electron chi connectivity index (χ3n) is 3.31. The third kappa shape index (κ3) is 7.30. The molecule has 1 aromatic rings. The fraction of sp³-hybridized carbons (Fsp3) is 0.500. The van der Waals surface area contributed by atoms with Crippen molar-refractivity contribution in [2.24, 2.45) is 0 Å². The lowest BCUT2D eigenvalue weighted by atomic mass is 10.0. The van der Waals surface area contributed by atoms with Gasteiger partial charge in [-0.05, 0) is 44.7 Å². The zero-order chi connectivity index (χ0) is 17.5. The van der Waals surface area contributed by atoms with Crippen LogP contribution in [0.2, 0.25) is 0 Å². The van der Waals surface area contributed by atoms with Gasteiger partial charge < -0.3 is 20.3 Å². The van der Waals surface area contributed by atoms with Gasteiger partial charge in [0.05, 0.1) is 18.8 Å². The van der Waals surface area contributed by atoms with Crippen molar-refractivity contribution in [1.29, 1.82) is 0 Å². The molecule has 128 valence electrons. The van der Waals surface area contributed by atoms with Crippen LogP contribution in [0.15, 0.2) is 30.8 Å². The summed E-state index contributed by atoms with van der Waals surface area (Å²) in [5, 5.41) is 22.0. The zero-order valence-electron chi connectivity index (χ0n) is 14.1. The predicted molar refractivity (Wildman–Crippen MR) is 91.1 cm³/mol. The molecule has 2 atom stereocenters. The monoisotopic (exact) mass is 321 g/mol. The van der Waals surface area contributed by atoms with Gasteiger partial charge in [0.1, 0.15) is 5.60 Å². The Morgan fingerprint density at radius 3 is 2.43 bits per heavy atom. The Morgan fingerprint density at radius 2 is 1.96 bits per heavy atom. The number of benzene rings is 1. The van der Waals surface area contributed by atoms with E-state index in [-0.39, 0.29) is 6.61 Å². The van der Waals surface area contributed by atoms with E-state index in [1.54, 1.807) is 26.8 Å². The van der Waals surface area contributed by atoms with Crippen molar-refractivity contribution in [2.45, 2.75) is 51.4 Å². The minimum Gasteiger partial charge on any atom is -0.444 e. The normalized spacial score (nSPS) is 14.0. The second-order valence-electron chi connectivity index (χ2n) is 6.49. The zero-order valence-corrected chi connectivity index (χ0v) is 14.1. The minimum absolute atomic E-state index is 0.351. The highest BCUT2D eigenvalue weighted by Crippen LogP contribution is 2.11. The van der Waals surface area contributed by atoms with Crippen molar-refractivity contribution < 1.29 is 19.7 Å². The molecule has 0 aliphatic rings. The number of carbonyl (C=O) groups is 1. The Balaban J connectivity index is 2.50. The van der Waals surface area contributed by atoms with Crippen LogP contribution in [-0.2, 0) is 11.2 Å². The summed E-state index contributed by atoms with van der Waals surface area (Å²) in [6.07, 6.45) is 1.34. The molecule has 0 saturated carbocycles. The van der Waals surface area contributed by atoms with E-state index >= 15 is 0 Å².